The Morgan fingerprint density at radius 1 is 0.550 bits per heavy atom. The van der Waals surface area contributed by atoms with Gasteiger partial charge in [0.25, 0.3) is 0 Å². The third kappa shape index (κ3) is 12.0. The number of aromatic nitrogens is 2. The molecule has 20 heavy (non-hydrogen) atoms. The summed E-state index contributed by atoms with van der Waals surface area (Å²) in [6.45, 7) is 0. The van der Waals surface area contributed by atoms with Gasteiger partial charge in [0, 0.05) is 31.9 Å². The second-order valence-electron chi connectivity index (χ2n) is 2.43. The van der Waals surface area contributed by atoms with Crippen molar-refractivity contribution in [2.24, 2.45) is 0 Å². The molecule has 0 unspecified atom stereocenters. The summed E-state index contributed by atoms with van der Waals surface area (Å²) in [5, 5.41) is 0. The molecule has 0 atom stereocenters. The molecule has 0 spiro atoms. The first-order valence-electron chi connectivity index (χ1n) is 3.79. The van der Waals surface area contributed by atoms with E-state index in [1.165, 1.54) is 0 Å². The van der Waals surface area contributed by atoms with E-state index in [0.29, 0.717) is 0 Å². The van der Waals surface area contributed by atoms with Crippen molar-refractivity contribution in [3.05, 3.63) is 48.8 Å². The van der Waals surface area contributed by atoms with Gasteiger partial charge in [-0.3, -0.25) is 9.97 Å². The summed E-state index contributed by atoms with van der Waals surface area (Å²) in [4.78, 5) is 8.37. The first kappa shape index (κ1) is 42.8. The first-order valence-corrected chi connectivity index (χ1v) is 3.79. The van der Waals surface area contributed by atoms with Gasteiger partial charge in [-0.05, 0) is 24.3 Å². The summed E-state index contributed by atoms with van der Waals surface area (Å²) in [6.07, 6.45) is 3.54. The number of rotatable bonds is 1. The Balaban J connectivity index is -0.0000000422. The molecule has 0 bridgehead atoms. The van der Waals surface area contributed by atoms with E-state index in [1.54, 1.807) is 12.4 Å². The van der Waals surface area contributed by atoms with E-state index in [1.807, 2.05) is 36.4 Å². The molecule has 0 saturated carbocycles. The molecule has 0 aliphatic rings. The van der Waals surface area contributed by atoms with E-state index in [2.05, 4.69) is 9.97 Å². The summed E-state index contributed by atoms with van der Waals surface area (Å²) in [7, 11) is 0. The smallest absolute Gasteiger partial charge is 0.0886 e. The van der Waals surface area contributed by atoms with Gasteiger partial charge in [0.15, 0.2) is 0 Å². The zero-order valence-corrected chi connectivity index (χ0v) is 12.8. The van der Waals surface area contributed by atoms with E-state index in [-0.39, 0.29) is 64.7 Å². The molecule has 0 aromatic carbocycles. The fraction of sp³-hybridized carbons (Fsp3) is 0. The van der Waals surface area contributed by atoms with Crippen LogP contribution in [0.1, 0.15) is 0 Å². The van der Waals surface area contributed by atoms with Crippen LogP contribution in [0.25, 0.3) is 11.4 Å². The van der Waals surface area contributed by atoms with Gasteiger partial charge < -0.3 is 32.9 Å². The molecular formula is C10H21ClN2O6Ru. The molecule has 0 aliphatic heterocycles. The predicted octanol–water partition coefficient (Wildman–Crippen LogP) is -2.39. The van der Waals surface area contributed by atoms with Crippen LogP contribution in [0, 0.1) is 0 Å². The van der Waals surface area contributed by atoms with Gasteiger partial charge in [0.1, 0.15) is 0 Å². The van der Waals surface area contributed by atoms with E-state index in [4.69, 9.17) is 0 Å². The minimum absolute atomic E-state index is 0. The van der Waals surface area contributed by atoms with E-state index in [0.717, 1.165) is 11.4 Å². The van der Waals surface area contributed by atoms with Gasteiger partial charge in [-0.1, -0.05) is 12.1 Å². The zero-order valence-electron chi connectivity index (χ0n) is 10.3. The summed E-state index contributed by atoms with van der Waals surface area (Å²) >= 11 is 0. The molecule has 8 nitrogen and oxygen atoms in total. The number of hydrogen-bond donors (Lipinski definition) is 0. The van der Waals surface area contributed by atoms with Crippen LogP contribution in [0.3, 0.4) is 0 Å². The third-order valence-electron chi connectivity index (χ3n) is 1.59. The molecule has 0 fully saturated rings. The molecule has 2 aromatic heterocycles. The fourth-order valence-electron chi connectivity index (χ4n) is 1.03. The van der Waals surface area contributed by atoms with Crippen molar-refractivity contribution in [1.82, 2.24) is 9.97 Å². The van der Waals surface area contributed by atoms with Crippen molar-refractivity contribution in [3.8, 4) is 11.4 Å². The average molecular weight is 402 g/mol. The molecule has 0 saturated heterocycles. The molecule has 2 aromatic rings. The van der Waals surface area contributed by atoms with Crippen molar-refractivity contribution in [1.29, 1.82) is 0 Å². The SMILES string of the molecule is Cl.O.O.O.O.O.O.[Ru].c1ccc(-c2ccccn2)nc1. The van der Waals surface area contributed by atoms with Crippen molar-refractivity contribution >= 4 is 12.4 Å². The molecule has 2 heterocycles. The Labute approximate surface area is 135 Å². The maximum atomic E-state index is 4.19. The Kier molecular flexibility index (Phi) is 49.4. The Morgan fingerprint density at radius 2 is 0.850 bits per heavy atom. The molecular weight excluding hydrogens is 381 g/mol. The van der Waals surface area contributed by atoms with Crippen LogP contribution in [0.2, 0.25) is 0 Å². The Hall–Kier alpha value is -1.03. The fourth-order valence-corrected chi connectivity index (χ4v) is 1.03. The van der Waals surface area contributed by atoms with Crippen molar-refractivity contribution in [2.45, 2.75) is 0 Å². The maximum absolute atomic E-state index is 4.19. The average Bonchev–Trinajstić information content (AvgIpc) is 2.21. The number of halogens is 1. The van der Waals surface area contributed by atoms with E-state index < -0.39 is 0 Å². The quantitative estimate of drug-likeness (QED) is 0.478. The molecule has 122 valence electrons. The van der Waals surface area contributed by atoms with Crippen LogP contribution in [-0.4, -0.2) is 42.8 Å². The largest absolute Gasteiger partial charge is 0.412 e. The topological polar surface area (TPSA) is 215 Å². The monoisotopic (exact) mass is 402 g/mol. The predicted molar refractivity (Wildman–Crippen MR) is 76.4 cm³/mol. The minimum atomic E-state index is 0. The number of pyridine rings is 2. The van der Waals surface area contributed by atoms with Crippen molar-refractivity contribution < 1.29 is 52.3 Å². The summed E-state index contributed by atoms with van der Waals surface area (Å²) in [6, 6.07) is 11.6. The number of nitrogens with zero attached hydrogens (tertiary/aromatic N) is 2. The van der Waals surface area contributed by atoms with Crippen LogP contribution in [0.4, 0.5) is 0 Å². The van der Waals surface area contributed by atoms with Crippen LogP contribution in [0.15, 0.2) is 48.8 Å². The van der Waals surface area contributed by atoms with Gasteiger partial charge >= 0.3 is 0 Å². The van der Waals surface area contributed by atoms with Crippen molar-refractivity contribution in [3.63, 3.8) is 0 Å². The summed E-state index contributed by atoms with van der Waals surface area (Å²) in [5.41, 5.74) is 1.83. The maximum Gasteiger partial charge on any atom is 0.0886 e. The van der Waals surface area contributed by atoms with Crippen LogP contribution < -0.4 is 0 Å². The van der Waals surface area contributed by atoms with Gasteiger partial charge in [0.05, 0.1) is 11.4 Å². The summed E-state index contributed by atoms with van der Waals surface area (Å²) in [5.74, 6) is 0. The van der Waals surface area contributed by atoms with Gasteiger partial charge in [-0.15, -0.1) is 12.4 Å². The molecule has 10 heteroatoms. The molecule has 0 radical (unpaired) electrons. The number of hydrogen-bond acceptors (Lipinski definition) is 2. The molecule has 0 aliphatic carbocycles. The minimum Gasteiger partial charge on any atom is -0.412 e. The third-order valence-corrected chi connectivity index (χ3v) is 1.59. The Morgan fingerprint density at radius 3 is 1.05 bits per heavy atom. The molecule has 12 N–H and O–H groups in total. The summed E-state index contributed by atoms with van der Waals surface area (Å²) < 4.78 is 0. The van der Waals surface area contributed by atoms with Crippen LogP contribution >= 0.6 is 12.4 Å². The standard InChI is InChI=1S/C10H8N2.ClH.6H2O.Ru/c1-3-7-11-9(5-1)10-6-2-4-8-12-10;;;;;;;;/h1-8H;1H;6*1H2;. The van der Waals surface area contributed by atoms with Crippen LogP contribution in [-0.2, 0) is 19.5 Å². The second kappa shape index (κ2) is 23.1. The van der Waals surface area contributed by atoms with Crippen molar-refractivity contribution in [2.75, 3.05) is 0 Å². The van der Waals surface area contributed by atoms with Crippen LogP contribution in [0.5, 0.6) is 0 Å². The Bertz CT molecular complexity index is 333. The normalized spacial score (nSPS) is 5.80. The van der Waals surface area contributed by atoms with E-state index in [9.17, 15) is 0 Å². The zero-order chi connectivity index (χ0) is 8.23. The first-order chi connectivity index (χ1) is 5.97. The molecule has 0 amide bonds. The van der Waals surface area contributed by atoms with Gasteiger partial charge in [0.2, 0.25) is 0 Å². The van der Waals surface area contributed by atoms with Gasteiger partial charge in [-0.2, -0.15) is 0 Å². The van der Waals surface area contributed by atoms with Gasteiger partial charge in [-0.25, -0.2) is 0 Å². The van der Waals surface area contributed by atoms with E-state index >= 15 is 0 Å². The molecule has 2 rings (SSSR count). The second-order valence-corrected chi connectivity index (χ2v) is 2.43.